The van der Waals surface area contributed by atoms with E-state index >= 15 is 0 Å². The number of benzene rings is 2. The topological polar surface area (TPSA) is 77.2 Å². The summed E-state index contributed by atoms with van der Waals surface area (Å²) in [6.07, 6.45) is 1.88. The standard InChI is InChI=1S/C20H21N3O2S/c21-20(9-11-25-12-10-20)19(24)22-15-7-5-14(6-8-15)13-18-23-16-3-1-2-4-17(16)26-18/h1-8H,9-13,21H2,(H,22,24). The third-order valence-corrected chi connectivity index (χ3v) is 5.78. The zero-order valence-electron chi connectivity index (χ0n) is 14.4. The van der Waals surface area contributed by atoms with Crippen molar-refractivity contribution in [2.24, 2.45) is 5.73 Å². The van der Waals surface area contributed by atoms with E-state index in [0.717, 1.165) is 28.2 Å². The Hall–Kier alpha value is -2.28. The number of nitrogens with one attached hydrogen (secondary N) is 1. The molecule has 1 aliphatic rings. The third kappa shape index (κ3) is 3.62. The predicted molar refractivity (Wildman–Crippen MR) is 104 cm³/mol. The van der Waals surface area contributed by atoms with Crippen molar-refractivity contribution in [1.82, 2.24) is 4.98 Å². The number of rotatable bonds is 4. The summed E-state index contributed by atoms with van der Waals surface area (Å²) in [6, 6.07) is 16.0. The van der Waals surface area contributed by atoms with Gasteiger partial charge in [0, 0.05) is 25.3 Å². The van der Waals surface area contributed by atoms with Gasteiger partial charge in [-0.3, -0.25) is 4.79 Å². The summed E-state index contributed by atoms with van der Waals surface area (Å²) in [5.74, 6) is -0.139. The van der Waals surface area contributed by atoms with Gasteiger partial charge >= 0.3 is 0 Å². The van der Waals surface area contributed by atoms with Crippen molar-refractivity contribution in [3.63, 3.8) is 0 Å². The molecule has 3 aromatic rings. The van der Waals surface area contributed by atoms with Gasteiger partial charge in [-0.2, -0.15) is 0 Å². The Bertz CT molecular complexity index is 881. The second-order valence-corrected chi connectivity index (χ2v) is 7.79. The first kappa shape index (κ1) is 17.1. The molecule has 0 radical (unpaired) electrons. The van der Waals surface area contributed by atoms with Crippen molar-refractivity contribution >= 4 is 33.1 Å². The maximum atomic E-state index is 12.5. The van der Waals surface area contributed by atoms with Crippen molar-refractivity contribution in [3.05, 3.63) is 59.1 Å². The first-order chi connectivity index (χ1) is 12.6. The van der Waals surface area contributed by atoms with E-state index in [9.17, 15) is 4.79 Å². The largest absolute Gasteiger partial charge is 0.381 e. The van der Waals surface area contributed by atoms with Crippen LogP contribution < -0.4 is 11.1 Å². The first-order valence-electron chi connectivity index (χ1n) is 8.74. The Morgan fingerprint density at radius 2 is 1.88 bits per heavy atom. The second kappa shape index (κ2) is 7.15. The zero-order chi connectivity index (χ0) is 18.0. The quantitative estimate of drug-likeness (QED) is 0.741. The summed E-state index contributed by atoms with van der Waals surface area (Å²) < 4.78 is 6.50. The van der Waals surface area contributed by atoms with E-state index < -0.39 is 5.54 Å². The zero-order valence-corrected chi connectivity index (χ0v) is 15.2. The molecule has 26 heavy (non-hydrogen) atoms. The molecule has 0 atom stereocenters. The van der Waals surface area contributed by atoms with Crippen LogP contribution in [0.2, 0.25) is 0 Å². The van der Waals surface area contributed by atoms with Crippen LogP contribution in [0, 0.1) is 0 Å². The minimum absolute atomic E-state index is 0.139. The number of thiazole rings is 1. The van der Waals surface area contributed by atoms with E-state index in [1.54, 1.807) is 11.3 Å². The highest BCUT2D eigenvalue weighted by Gasteiger charge is 2.35. The number of carbonyl (C=O) groups is 1. The molecule has 0 unspecified atom stereocenters. The average Bonchev–Trinajstić information content (AvgIpc) is 3.06. The van der Waals surface area contributed by atoms with Gasteiger partial charge in [-0.25, -0.2) is 4.98 Å². The molecule has 0 spiro atoms. The predicted octanol–water partition coefficient (Wildman–Crippen LogP) is 3.33. The Balaban J connectivity index is 1.42. The van der Waals surface area contributed by atoms with E-state index in [2.05, 4.69) is 16.4 Å². The van der Waals surface area contributed by atoms with Crippen LogP contribution in [-0.4, -0.2) is 29.6 Å². The van der Waals surface area contributed by atoms with Crippen molar-refractivity contribution in [1.29, 1.82) is 0 Å². The molecule has 1 saturated heterocycles. The lowest BCUT2D eigenvalue weighted by molar-refractivity contribution is -0.124. The lowest BCUT2D eigenvalue weighted by atomic mass is 9.90. The van der Waals surface area contributed by atoms with Crippen LogP contribution in [0.1, 0.15) is 23.4 Å². The number of ether oxygens (including phenoxy) is 1. The number of carbonyl (C=O) groups excluding carboxylic acids is 1. The minimum Gasteiger partial charge on any atom is -0.381 e. The molecule has 0 saturated carbocycles. The Morgan fingerprint density at radius 3 is 2.62 bits per heavy atom. The fourth-order valence-electron chi connectivity index (χ4n) is 3.09. The Kier molecular flexibility index (Phi) is 4.72. The number of amides is 1. The van der Waals surface area contributed by atoms with Gasteiger partial charge in [-0.05, 0) is 42.7 Å². The highest BCUT2D eigenvalue weighted by molar-refractivity contribution is 7.18. The van der Waals surface area contributed by atoms with Gasteiger partial charge in [0.1, 0.15) is 5.54 Å². The fourth-order valence-corrected chi connectivity index (χ4v) is 4.10. The van der Waals surface area contributed by atoms with Crippen molar-refractivity contribution in [2.45, 2.75) is 24.8 Å². The number of anilines is 1. The lowest BCUT2D eigenvalue weighted by Crippen LogP contribution is -2.54. The van der Waals surface area contributed by atoms with Crippen LogP contribution in [0.25, 0.3) is 10.2 Å². The summed E-state index contributed by atoms with van der Waals surface area (Å²) >= 11 is 1.72. The van der Waals surface area contributed by atoms with Crippen LogP contribution in [-0.2, 0) is 16.0 Å². The summed E-state index contributed by atoms with van der Waals surface area (Å²) in [6.45, 7) is 1.07. The van der Waals surface area contributed by atoms with E-state index in [1.807, 2.05) is 42.5 Å². The number of fused-ring (bicyclic) bond motifs is 1. The van der Waals surface area contributed by atoms with Gasteiger partial charge in [-0.15, -0.1) is 11.3 Å². The molecule has 3 N–H and O–H groups in total. The number of nitrogens with zero attached hydrogens (tertiary/aromatic N) is 1. The van der Waals surface area contributed by atoms with E-state index in [4.69, 9.17) is 10.5 Å². The van der Waals surface area contributed by atoms with E-state index in [-0.39, 0.29) is 5.91 Å². The number of hydrogen-bond acceptors (Lipinski definition) is 5. The summed E-state index contributed by atoms with van der Waals surface area (Å²) in [5, 5.41) is 4.02. The molecule has 1 amide bonds. The minimum atomic E-state index is -0.835. The molecule has 0 aliphatic carbocycles. The molecule has 2 heterocycles. The van der Waals surface area contributed by atoms with Crippen LogP contribution >= 0.6 is 11.3 Å². The molecule has 2 aromatic carbocycles. The van der Waals surface area contributed by atoms with Crippen molar-refractivity contribution in [3.8, 4) is 0 Å². The fraction of sp³-hybridized carbons (Fsp3) is 0.300. The summed E-state index contributed by atoms with van der Waals surface area (Å²) in [7, 11) is 0. The summed E-state index contributed by atoms with van der Waals surface area (Å²) in [4.78, 5) is 17.1. The molecular weight excluding hydrogens is 346 g/mol. The molecule has 1 aliphatic heterocycles. The first-order valence-corrected chi connectivity index (χ1v) is 9.56. The van der Waals surface area contributed by atoms with Gasteiger partial charge in [0.2, 0.25) is 5.91 Å². The Labute approximate surface area is 156 Å². The van der Waals surface area contributed by atoms with Crippen molar-refractivity contribution < 1.29 is 9.53 Å². The van der Waals surface area contributed by atoms with Gasteiger partial charge in [0.25, 0.3) is 0 Å². The van der Waals surface area contributed by atoms with E-state index in [1.165, 1.54) is 4.70 Å². The molecule has 1 fully saturated rings. The maximum Gasteiger partial charge on any atom is 0.244 e. The second-order valence-electron chi connectivity index (χ2n) is 6.67. The Morgan fingerprint density at radius 1 is 1.15 bits per heavy atom. The number of para-hydroxylation sites is 1. The van der Waals surface area contributed by atoms with Crippen LogP contribution in [0.15, 0.2) is 48.5 Å². The number of aromatic nitrogens is 1. The monoisotopic (exact) mass is 367 g/mol. The third-order valence-electron chi connectivity index (χ3n) is 4.74. The highest BCUT2D eigenvalue weighted by Crippen LogP contribution is 2.24. The molecule has 1 aromatic heterocycles. The molecule has 6 heteroatoms. The molecule has 5 nitrogen and oxygen atoms in total. The lowest BCUT2D eigenvalue weighted by Gasteiger charge is -2.31. The van der Waals surface area contributed by atoms with Gasteiger partial charge < -0.3 is 15.8 Å². The van der Waals surface area contributed by atoms with E-state index in [0.29, 0.717) is 26.1 Å². The molecule has 4 rings (SSSR count). The smallest absolute Gasteiger partial charge is 0.244 e. The van der Waals surface area contributed by atoms with Gasteiger partial charge in [0.15, 0.2) is 0 Å². The number of nitrogens with two attached hydrogens (primary N) is 1. The normalized spacial score (nSPS) is 16.5. The van der Waals surface area contributed by atoms with Crippen LogP contribution in [0.4, 0.5) is 5.69 Å². The molecule has 134 valence electrons. The average molecular weight is 367 g/mol. The van der Waals surface area contributed by atoms with Gasteiger partial charge in [0.05, 0.1) is 15.2 Å². The van der Waals surface area contributed by atoms with Crippen molar-refractivity contribution in [2.75, 3.05) is 18.5 Å². The van der Waals surface area contributed by atoms with Gasteiger partial charge in [-0.1, -0.05) is 24.3 Å². The van der Waals surface area contributed by atoms with Crippen LogP contribution in [0.3, 0.4) is 0 Å². The molecular formula is C20H21N3O2S. The van der Waals surface area contributed by atoms with Crippen LogP contribution in [0.5, 0.6) is 0 Å². The summed E-state index contributed by atoms with van der Waals surface area (Å²) in [5.41, 5.74) is 8.35. The highest BCUT2D eigenvalue weighted by atomic mass is 32.1. The molecule has 0 bridgehead atoms. The SMILES string of the molecule is NC1(C(=O)Nc2ccc(Cc3nc4ccccc4s3)cc2)CCOCC1. The number of hydrogen-bond donors (Lipinski definition) is 2. The maximum absolute atomic E-state index is 12.5.